The van der Waals surface area contributed by atoms with Crippen LogP contribution in [0.1, 0.15) is 25.5 Å². The molecular weight excluding hydrogens is 503 g/mol. The van der Waals surface area contributed by atoms with Crippen molar-refractivity contribution in [2.45, 2.75) is 26.0 Å². The molecule has 0 fully saturated rings. The van der Waals surface area contributed by atoms with Crippen LogP contribution in [0.4, 0.5) is 0 Å². The van der Waals surface area contributed by atoms with Crippen LogP contribution in [-0.2, 0) is 7.05 Å². The van der Waals surface area contributed by atoms with Gasteiger partial charge in [-0.25, -0.2) is 0 Å². The Kier molecular flexibility index (Phi) is 11.4. The molecule has 2 rings (SSSR count). The molecule has 9 heteroatoms. The minimum absolute atomic E-state index is 0. The van der Waals surface area contributed by atoms with Gasteiger partial charge in [0, 0.05) is 30.4 Å². The molecule has 0 radical (unpaired) electrons. The van der Waals surface area contributed by atoms with E-state index >= 15 is 0 Å². The number of ether oxygens (including phenoxy) is 1. The molecule has 0 saturated carbocycles. The first-order chi connectivity index (χ1) is 13.4. The molecule has 162 valence electrons. The maximum atomic E-state index is 5.91. The second-order valence-electron chi connectivity index (χ2n) is 6.91. The zero-order valence-corrected chi connectivity index (χ0v) is 20.8. The Morgan fingerprint density at radius 3 is 2.52 bits per heavy atom. The van der Waals surface area contributed by atoms with Gasteiger partial charge in [-0.15, -0.1) is 24.0 Å². The Morgan fingerprint density at radius 2 is 1.97 bits per heavy atom. The number of guanidine groups is 1. The van der Waals surface area contributed by atoms with E-state index in [0.29, 0.717) is 18.1 Å². The summed E-state index contributed by atoms with van der Waals surface area (Å²) in [6, 6.07) is 7.54. The fourth-order valence-corrected chi connectivity index (χ4v) is 2.85. The van der Waals surface area contributed by atoms with Crippen LogP contribution in [0.5, 0.6) is 5.75 Å². The van der Waals surface area contributed by atoms with E-state index in [1.807, 2.05) is 55.3 Å². The van der Waals surface area contributed by atoms with Gasteiger partial charge >= 0.3 is 0 Å². The Bertz CT molecular complexity index is 750. The number of hydrogen-bond donors (Lipinski definition) is 2. The molecule has 2 atom stereocenters. The van der Waals surface area contributed by atoms with E-state index in [1.54, 1.807) is 0 Å². The summed E-state index contributed by atoms with van der Waals surface area (Å²) in [7, 11) is 6.03. The minimum Gasteiger partial charge on any atom is -0.489 e. The number of nitrogens with zero attached hydrogens (tertiary/aromatic N) is 4. The second-order valence-corrected chi connectivity index (χ2v) is 7.35. The summed E-state index contributed by atoms with van der Waals surface area (Å²) in [6.07, 6.45) is 3.90. The molecule has 0 bridgehead atoms. The zero-order valence-electron chi connectivity index (χ0n) is 17.7. The van der Waals surface area contributed by atoms with Gasteiger partial charge < -0.3 is 20.3 Å². The first-order valence-corrected chi connectivity index (χ1v) is 9.86. The first-order valence-electron chi connectivity index (χ1n) is 9.48. The normalized spacial score (nSPS) is 13.6. The standard InChI is InChI=1S/C20H31ClN6O.HI/c1-6-22-20(23-11-15(2)28-18-9-7-17(21)8-10-18)24-13-19(26(3)4)16-12-25-27(5)14-16;/h7-10,12,14-15,19H,6,11,13H2,1-5H3,(H2,22,23,24);1H. The van der Waals surface area contributed by atoms with Gasteiger partial charge in [-0.3, -0.25) is 9.67 Å². The van der Waals surface area contributed by atoms with Gasteiger partial charge in [0.2, 0.25) is 0 Å². The molecule has 1 heterocycles. The van der Waals surface area contributed by atoms with Crippen molar-refractivity contribution in [3.8, 4) is 5.75 Å². The number of aliphatic imine (C=N–C) groups is 1. The van der Waals surface area contributed by atoms with Crippen LogP contribution in [0.25, 0.3) is 0 Å². The summed E-state index contributed by atoms with van der Waals surface area (Å²) in [6.45, 7) is 6.12. The summed E-state index contributed by atoms with van der Waals surface area (Å²) in [5.41, 5.74) is 1.14. The van der Waals surface area contributed by atoms with Crippen molar-refractivity contribution in [1.29, 1.82) is 0 Å². The van der Waals surface area contributed by atoms with Crippen LogP contribution in [0.15, 0.2) is 41.7 Å². The third kappa shape index (κ3) is 8.79. The quantitative estimate of drug-likeness (QED) is 0.294. The third-order valence-corrected chi connectivity index (χ3v) is 4.46. The Morgan fingerprint density at radius 1 is 1.28 bits per heavy atom. The highest BCUT2D eigenvalue weighted by molar-refractivity contribution is 14.0. The average molecular weight is 535 g/mol. The molecule has 1 aromatic carbocycles. The van der Waals surface area contributed by atoms with Gasteiger partial charge in [-0.05, 0) is 52.2 Å². The molecule has 7 nitrogen and oxygen atoms in total. The highest BCUT2D eigenvalue weighted by Crippen LogP contribution is 2.18. The smallest absolute Gasteiger partial charge is 0.191 e. The van der Waals surface area contributed by atoms with Crippen LogP contribution in [-0.4, -0.2) is 60.5 Å². The predicted octanol–water partition coefficient (Wildman–Crippen LogP) is 3.32. The van der Waals surface area contributed by atoms with Crippen molar-refractivity contribution in [3.05, 3.63) is 47.2 Å². The van der Waals surface area contributed by atoms with Crippen LogP contribution in [0, 0.1) is 0 Å². The molecule has 0 aliphatic carbocycles. The number of likely N-dealkylation sites (N-methyl/N-ethyl adjacent to an activating group) is 1. The number of rotatable bonds is 9. The van der Waals surface area contributed by atoms with Crippen LogP contribution >= 0.6 is 35.6 Å². The van der Waals surface area contributed by atoms with Crippen LogP contribution in [0.2, 0.25) is 5.02 Å². The van der Waals surface area contributed by atoms with Crippen molar-refractivity contribution in [1.82, 2.24) is 25.3 Å². The average Bonchev–Trinajstić information content (AvgIpc) is 3.07. The molecule has 1 aromatic heterocycles. The Hall–Kier alpha value is -1.52. The van der Waals surface area contributed by atoms with Crippen molar-refractivity contribution in [3.63, 3.8) is 0 Å². The molecule has 2 N–H and O–H groups in total. The van der Waals surface area contributed by atoms with Crippen LogP contribution < -0.4 is 15.4 Å². The lowest BCUT2D eigenvalue weighted by atomic mass is 10.1. The third-order valence-electron chi connectivity index (χ3n) is 4.21. The van der Waals surface area contributed by atoms with Gasteiger partial charge in [0.15, 0.2) is 5.96 Å². The molecule has 0 spiro atoms. The summed E-state index contributed by atoms with van der Waals surface area (Å²) in [4.78, 5) is 6.90. The molecule has 0 aliphatic heterocycles. The van der Waals surface area contributed by atoms with E-state index < -0.39 is 0 Å². The number of aryl methyl sites for hydroxylation is 1. The molecular formula is C20H32ClIN6O. The van der Waals surface area contributed by atoms with E-state index in [1.165, 1.54) is 0 Å². The van der Waals surface area contributed by atoms with Gasteiger partial charge in [0.1, 0.15) is 11.9 Å². The lowest BCUT2D eigenvalue weighted by Crippen LogP contribution is -2.42. The summed E-state index contributed by atoms with van der Waals surface area (Å²) in [5.74, 6) is 1.56. The minimum atomic E-state index is -0.0204. The molecule has 29 heavy (non-hydrogen) atoms. The summed E-state index contributed by atoms with van der Waals surface area (Å²) >= 11 is 5.91. The monoisotopic (exact) mass is 534 g/mol. The lowest BCUT2D eigenvalue weighted by molar-refractivity contribution is 0.223. The van der Waals surface area contributed by atoms with Crippen molar-refractivity contribution < 1.29 is 4.74 Å². The van der Waals surface area contributed by atoms with Gasteiger partial charge in [0.05, 0.1) is 25.3 Å². The van der Waals surface area contributed by atoms with E-state index in [-0.39, 0.29) is 36.1 Å². The fraction of sp³-hybridized carbons (Fsp3) is 0.500. The fourth-order valence-electron chi connectivity index (χ4n) is 2.73. The SMILES string of the molecule is CCNC(=NCC(c1cnn(C)c1)N(C)C)NCC(C)Oc1ccc(Cl)cc1.I. The predicted molar refractivity (Wildman–Crippen MR) is 131 cm³/mol. The first kappa shape index (κ1) is 25.5. The Balaban J connectivity index is 0.00000420. The Labute approximate surface area is 195 Å². The van der Waals surface area contributed by atoms with Crippen LogP contribution in [0.3, 0.4) is 0 Å². The molecule has 2 unspecified atom stereocenters. The van der Waals surface area contributed by atoms with Gasteiger partial charge in [-0.1, -0.05) is 11.6 Å². The summed E-state index contributed by atoms with van der Waals surface area (Å²) < 4.78 is 7.72. The molecule has 2 aromatic rings. The zero-order chi connectivity index (χ0) is 20.5. The van der Waals surface area contributed by atoms with Crippen molar-refractivity contribution >= 4 is 41.5 Å². The van der Waals surface area contributed by atoms with E-state index in [0.717, 1.165) is 23.8 Å². The number of halogens is 2. The number of benzene rings is 1. The maximum Gasteiger partial charge on any atom is 0.191 e. The van der Waals surface area contributed by atoms with E-state index in [9.17, 15) is 0 Å². The highest BCUT2D eigenvalue weighted by Gasteiger charge is 2.16. The topological polar surface area (TPSA) is 66.7 Å². The van der Waals surface area contributed by atoms with E-state index in [4.69, 9.17) is 21.3 Å². The van der Waals surface area contributed by atoms with Gasteiger partial charge in [-0.2, -0.15) is 5.10 Å². The largest absolute Gasteiger partial charge is 0.489 e. The van der Waals surface area contributed by atoms with Crippen molar-refractivity contribution in [2.24, 2.45) is 12.0 Å². The van der Waals surface area contributed by atoms with Gasteiger partial charge in [0.25, 0.3) is 0 Å². The maximum absolute atomic E-state index is 5.91. The lowest BCUT2D eigenvalue weighted by Gasteiger charge is -2.22. The number of hydrogen-bond acceptors (Lipinski definition) is 4. The highest BCUT2D eigenvalue weighted by atomic mass is 127. The molecule has 0 aliphatic rings. The molecule has 0 amide bonds. The second kappa shape index (κ2) is 12.9. The van der Waals surface area contributed by atoms with Crippen molar-refractivity contribution in [2.75, 3.05) is 33.7 Å². The molecule has 0 saturated heterocycles. The number of aromatic nitrogens is 2. The van der Waals surface area contributed by atoms with E-state index in [2.05, 4.69) is 41.7 Å². The number of nitrogens with one attached hydrogen (secondary N) is 2. The summed E-state index contributed by atoms with van der Waals surface area (Å²) in [5, 5.41) is 11.6.